The summed E-state index contributed by atoms with van der Waals surface area (Å²) in [5.41, 5.74) is 5.38. The highest BCUT2D eigenvalue weighted by Crippen LogP contribution is 2.45. The molecule has 0 saturated heterocycles. The molecular formula is C26H25FN8O2. The van der Waals surface area contributed by atoms with Crippen LogP contribution in [-0.4, -0.2) is 53.7 Å². The van der Waals surface area contributed by atoms with Gasteiger partial charge >= 0.3 is 0 Å². The molecule has 0 aliphatic heterocycles. The Morgan fingerprint density at radius 1 is 1.03 bits per heavy atom. The van der Waals surface area contributed by atoms with Crippen LogP contribution in [0.5, 0.6) is 11.8 Å². The first-order valence-corrected chi connectivity index (χ1v) is 12.0. The van der Waals surface area contributed by atoms with Gasteiger partial charge in [0.25, 0.3) is 0 Å². The van der Waals surface area contributed by atoms with Crippen LogP contribution in [0.3, 0.4) is 0 Å². The molecule has 11 heteroatoms. The summed E-state index contributed by atoms with van der Waals surface area (Å²) in [6, 6.07) is 9.65. The third-order valence-corrected chi connectivity index (χ3v) is 6.47. The molecule has 5 aromatic rings. The van der Waals surface area contributed by atoms with E-state index in [4.69, 9.17) is 14.5 Å². The first kappa shape index (κ1) is 23.0. The summed E-state index contributed by atoms with van der Waals surface area (Å²) >= 11 is 0. The minimum atomic E-state index is -0.589. The molecule has 1 fully saturated rings. The van der Waals surface area contributed by atoms with Gasteiger partial charge in [0.1, 0.15) is 24.0 Å². The van der Waals surface area contributed by atoms with E-state index >= 15 is 0 Å². The van der Waals surface area contributed by atoms with Gasteiger partial charge in [0, 0.05) is 11.6 Å². The van der Waals surface area contributed by atoms with Gasteiger partial charge in [-0.3, -0.25) is 0 Å². The summed E-state index contributed by atoms with van der Waals surface area (Å²) in [5.74, 6) is 1.65. The van der Waals surface area contributed by atoms with E-state index in [0.717, 1.165) is 35.5 Å². The van der Waals surface area contributed by atoms with E-state index in [2.05, 4.69) is 25.1 Å². The maximum atomic E-state index is 13.0. The highest BCUT2D eigenvalue weighted by molar-refractivity contribution is 5.83. The summed E-state index contributed by atoms with van der Waals surface area (Å²) in [4.78, 5) is 18.4. The smallest absolute Gasteiger partial charge is 0.228 e. The summed E-state index contributed by atoms with van der Waals surface area (Å²) in [6.45, 7) is 1.80. The van der Waals surface area contributed by atoms with Crippen molar-refractivity contribution in [3.05, 3.63) is 65.5 Å². The molecular weight excluding hydrogens is 475 g/mol. The van der Waals surface area contributed by atoms with Crippen LogP contribution in [0.2, 0.25) is 0 Å². The van der Waals surface area contributed by atoms with Crippen LogP contribution in [0.4, 0.5) is 4.39 Å². The van der Waals surface area contributed by atoms with Crippen molar-refractivity contribution < 1.29 is 13.9 Å². The third kappa shape index (κ3) is 4.15. The quantitative estimate of drug-likeness (QED) is 0.312. The topological polar surface area (TPSA) is 106 Å². The normalized spacial score (nSPS) is 13.3. The lowest BCUT2D eigenvalue weighted by Gasteiger charge is -2.12. The zero-order valence-corrected chi connectivity index (χ0v) is 20.7. The molecule has 0 amide bonds. The molecule has 0 bridgehead atoms. The van der Waals surface area contributed by atoms with Gasteiger partial charge < -0.3 is 9.47 Å². The Morgan fingerprint density at radius 2 is 1.81 bits per heavy atom. The number of methoxy groups -OCH3 is 2. The molecule has 4 aromatic heterocycles. The molecule has 6 rings (SSSR count). The Labute approximate surface area is 212 Å². The second-order valence-electron chi connectivity index (χ2n) is 9.00. The van der Waals surface area contributed by atoms with Crippen molar-refractivity contribution >= 4 is 11.0 Å². The van der Waals surface area contributed by atoms with Crippen LogP contribution in [0, 0.1) is 6.92 Å². The number of rotatable bonds is 8. The molecule has 1 aliphatic rings. The average Bonchev–Trinajstić information content (AvgIpc) is 3.61. The van der Waals surface area contributed by atoms with Gasteiger partial charge in [-0.2, -0.15) is 15.2 Å². The molecule has 0 atom stereocenters. The first-order valence-electron chi connectivity index (χ1n) is 12.0. The fourth-order valence-corrected chi connectivity index (χ4v) is 4.51. The molecule has 188 valence electrons. The Hall–Kier alpha value is -4.41. The SMILES string of the molecule is COc1ncnc(C2CC2)c1-c1nc(OC)c2cnn(Cc3ccc(-n4nc(CF)cc4C)cc3)c2n1. The third-order valence-electron chi connectivity index (χ3n) is 6.47. The largest absolute Gasteiger partial charge is 0.480 e. The van der Waals surface area contributed by atoms with Crippen molar-refractivity contribution in [1.29, 1.82) is 0 Å². The molecule has 0 radical (unpaired) electrons. The van der Waals surface area contributed by atoms with E-state index < -0.39 is 6.67 Å². The Balaban J connectivity index is 1.38. The number of fused-ring (bicyclic) bond motifs is 1. The van der Waals surface area contributed by atoms with E-state index in [-0.39, 0.29) is 0 Å². The average molecular weight is 501 g/mol. The number of halogens is 1. The second kappa shape index (κ2) is 9.23. The van der Waals surface area contributed by atoms with Crippen LogP contribution < -0.4 is 9.47 Å². The molecule has 37 heavy (non-hydrogen) atoms. The van der Waals surface area contributed by atoms with Gasteiger partial charge in [0.2, 0.25) is 11.8 Å². The van der Waals surface area contributed by atoms with Crippen LogP contribution in [0.15, 0.2) is 42.9 Å². The van der Waals surface area contributed by atoms with Crippen LogP contribution in [-0.2, 0) is 13.2 Å². The molecule has 1 aromatic carbocycles. The van der Waals surface area contributed by atoms with Crippen LogP contribution in [0.25, 0.3) is 28.1 Å². The summed E-state index contributed by atoms with van der Waals surface area (Å²) in [5, 5.41) is 9.59. The zero-order chi connectivity index (χ0) is 25.5. The molecule has 0 N–H and O–H groups in total. The maximum absolute atomic E-state index is 13.0. The van der Waals surface area contributed by atoms with Gasteiger partial charge in [-0.15, -0.1) is 0 Å². The predicted molar refractivity (Wildman–Crippen MR) is 134 cm³/mol. The van der Waals surface area contributed by atoms with Gasteiger partial charge in [-0.1, -0.05) is 12.1 Å². The number of ether oxygens (including phenoxy) is 2. The van der Waals surface area contributed by atoms with Crippen LogP contribution >= 0.6 is 0 Å². The summed E-state index contributed by atoms with van der Waals surface area (Å²) in [6.07, 6.45) is 5.35. The van der Waals surface area contributed by atoms with Crippen molar-refractivity contribution in [2.45, 2.75) is 38.9 Å². The van der Waals surface area contributed by atoms with Gasteiger partial charge in [0.15, 0.2) is 11.5 Å². The number of benzene rings is 1. The Morgan fingerprint density at radius 3 is 2.49 bits per heavy atom. The van der Waals surface area contributed by atoms with Crippen molar-refractivity contribution in [3.63, 3.8) is 0 Å². The second-order valence-corrected chi connectivity index (χ2v) is 9.00. The fourth-order valence-electron chi connectivity index (χ4n) is 4.51. The molecule has 1 saturated carbocycles. The van der Waals surface area contributed by atoms with Crippen molar-refractivity contribution in [2.24, 2.45) is 0 Å². The first-order chi connectivity index (χ1) is 18.1. The fraction of sp³-hybridized carbons (Fsp3) is 0.308. The monoisotopic (exact) mass is 500 g/mol. The van der Waals surface area contributed by atoms with E-state index in [1.165, 1.54) is 6.33 Å². The van der Waals surface area contributed by atoms with Crippen molar-refractivity contribution in [2.75, 3.05) is 14.2 Å². The predicted octanol–water partition coefficient (Wildman–Crippen LogP) is 4.19. The zero-order valence-electron chi connectivity index (χ0n) is 20.7. The molecule has 4 heterocycles. The number of aromatic nitrogens is 8. The van der Waals surface area contributed by atoms with Crippen molar-refractivity contribution in [1.82, 2.24) is 39.5 Å². The molecule has 1 aliphatic carbocycles. The lowest BCUT2D eigenvalue weighted by molar-refractivity contribution is 0.395. The number of nitrogens with zero attached hydrogens (tertiary/aromatic N) is 8. The highest BCUT2D eigenvalue weighted by atomic mass is 19.1. The van der Waals surface area contributed by atoms with Crippen molar-refractivity contribution in [3.8, 4) is 28.8 Å². The standard InChI is InChI=1S/C26H25FN8O2/c1-15-10-18(11-27)33-35(15)19-8-4-16(5-9-19)13-34-24-20(12-30-34)25(36-2)32-23(31-24)21-22(17-6-7-17)28-14-29-26(21)37-3/h4-5,8-10,12,14,17H,6-7,11,13H2,1-3H3. The molecule has 10 nitrogen and oxygen atoms in total. The number of hydrogen-bond acceptors (Lipinski definition) is 8. The maximum Gasteiger partial charge on any atom is 0.228 e. The highest BCUT2D eigenvalue weighted by Gasteiger charge is 2.32. The summed E-state index contributed by atoms with van der Waals surface area (Å²) in [7, 11) is 3.16. The van der Waals surface area contributed by atoms with E-state index in [1.54, 1.807) is 31.2 Å². The molecule has 0 spiro atoms. The van der Waals surface area contributed by atoms with Gasteiger partial charge in [-0.05, 0) is 43.5 Å². The number of hydrogen-bond donors (Lipinski definition) is 0. The minimum absolute atomic E-state index is 0.347. The Bertz CT molecular complexity index is 1590. The van der Waals surface area contributed by atoms with Gasteiger partial charge in [0.05, 0.1) is 44.0 Å². The van der Waals surface area contributed by atoms with Crippen LogP contribution in [0.1, 0.15) is 41.4 Å². The summed E-state index contributed by atoms with van der Waals surface area (Å²) < 4.78 is 27.7. The lowest BCUT2D eigenvalue weighted by atomic mass is 10.1. The minimum Gasteiger partial charge on any atom is -0.480 e. The Kier molecular flexibility index (Phi) is 5.74. The van der Waals surface area contributed by atoms with E-state index in [9.17, 15) is 4.39 Å². The lowest BCUT2D eigenvalue weighted by Crippen LogP contribution is -2.07. The molecule has 0 unspecified atom stereocenters. The number of aryl methyl sites for hydroxylation is 1. The van der Waals surface area contributed by atoms with Gasteiger partial charge in [-0.25, -0.2) is 28.7 Å². The van der Waals surface area contributed by atoms with E-state index in [0.29, 0.717) is 52.3 Å². The van der Waals surface area contributed by atoms with E-state index in [1.807, 2.05) is 35.9 Å². The number of alkyl halides is 1.